The second kappa shape index (κ2) is 7.87. The number of aromatic nitrogens is 2. The molecule has 0 saturated carbocycles. The number of hydrogen-bond acceptors (Lipinski definition) is 5. The first-order valence-electron chi connectivity index (χ1n) is 9.59. The van der Waals surface area contributed by atoms with Crippen LogP contribution in [0.15, 0.2) is 36.4 Å². The van der Waals surface area contributed by atoms with Gasteiger partial charge in [-0.15, -0.1) is 0 Å². The van der Waals surface area contributed by atoms with E-state index in [1.807, 2.05) is 50.2 Å². The quantitative estimate of drug-likeness (QED) is 0.656. The molecular weight excluding hydrogens is 388 g/mol. The summed E-state index contributed by atoms with van der Waals surface area (Å²) >= 11 is 6.10. The number of amides is 1. The van der Waals surface area contributed by atoms with Gasteiger partial charge in [0.1, 0.15) is 0 Å². The van der Waals surface area contributed by atoms with E-state index < -0.39 is 0 Å². The van der Waals surface area contributed by atoms with Crippen LogP contribution in [-0.2, 0) is 0 Å². The molecule has 150 valence electrons. The average molecular weight is 411 g/mol. The number of carbonyl (C=O) groups excluding carboxylic acids is 1. The summed E-state index contributed by atoms with van der Waals surface area (Å²) in [4.78, 5) is 26.3. The molecule has 2 heterocycles. The molecule has 7 heteroatoms. The zero-order chi connectivity index (χ0) is 20.5. The Balaban J connectivity index is 1.56. The lowest BCUT2D eigenvalue weighted by Crippen LogP contribution is -2.49. The van der Waals surface area contributed by atoms with Gasteiger partial charge in [-0.2, -0.15) is 0 Å². The number of benzene rings is 2. The Morgan fingerprint density at radius 1 is 1.00 bits per heavy atom. The molecule has 0 spiro atoms. The molecule has 1 amide bonds. The molecule has 6 nitrogen and oxygen atoms in total. The Morgan fingerprint density at radius 3 is 2.28 bits per heavy atom. The predicted molar refractivity (Wildman–Crippen MR) is 115 cm³/mol. The van der Waals surface area contributed by atoms with Crippen LogP contribution in [0.25, 0.3) is 11.0 Å². The fourth-order valence-corrected chi connectivity index (χ4v) is 3.75. The summed E-state index contributed by atoms with van der Waals surface area (Å²) < 4.78 is 5.39. The van der Waals surface area contributed by atoms with E-state index in [9.17, 15) is 4.79 Å². The van der Waals surface area contributed by atoms with Crippen LogP contribution in [0.1, 0.15) is 21.6 Å². The lowest BCUT2D eigenvalue weighted by Gasteiger charge is -2.36. The molecule has 0 unspecified atom stereocenters. The minimum atomic E-state index is -0.153. The van der Waals surface area contributed by atoms with Gasteiger partial charge in [0.25, 0.3) is 5.91 Å². The monoisotopic (exact) mass is 410 g/mol. The van der Waals surface area contributed by atoms with Crippen molar-refractivity contribution in [2.75, 3.05) is 38.2 Å². The molecule has 4 rings (SSSR count). The number of hydrogen-bond donors (Lipinski definition) is 0. The smallest absolute Gasteiger partial charge is 0.278 e. The average Bonchev–Trinajstić information content (AvgIpc) is 2.73. The summed E-state index contributed by atoms with van der Waals surface area (Å²) in [6.07, 6.45) is 0. The summed E-state index contributed by atoms with van der Waals surface area (Å²) in [5, 5.41) is 0.711. The van der Waals surface area contributed by atoms with E-state index in [0.717, 1.165) is 35.4 Å². The zero-order valence-electron chi connectivity index (χ0n) is 16.8. The number of ether oxygens (including phenoxy) is 1. The number of aryl methyl sites for hydroxylation is 2. The van der Waals surface area contributed by atoms with Crippen molar-refractivity contribution in [2.45, 2.75) is 13.8 Å². The number of carbonyl (C=O) groups is 1. The largest absolute Gasteiger partial charge is 0.479 e. The van der Waals surface area contributed by atoms with Gasteiger partial charge in [-0.05, 0) is 55.3 Å². The number of halogens is 1. The van der Waals surface area contributed by atoms with E-state index in [1.165, 1.54) is 7.11 Å². The fraction of sp³-hybridized carbons (Fsp3) is 0.318. The molecule has 1 aliphatic heterocycles. The van der Waals surface area contributed by atoms with Crippen LogP contribution < -0.4 is 9.64 Å². The first kappa shape index (κ1) is 19.5. The number of fused-ring (bicyclic) bond motifs is 1. The highest BCUT2D eigenvalue weighted by Crippen LogP contribution is 2.25. The second-order valence-electron chi connectivity index (χ2n) is 7.27. The Labute approximate surface area is 175 Å². The topological polar surface area (TPSA) is 58.6 Å². The van der Waals surface area contributed by atoms with Crippen LogP contribution >= 0.6 is 11.6 Å². The van der Waals surface area contributed by atoms with Gasteiger partial charge in [-0.25, -0.2) is 9.97 Å². The van der Waals surface area contributed by atoms with Gasteiger partial charge in [-0.1, -0.05) is 17.7 Å². The van der Waals surface area contributed by atoms with Crippen LogP contribution in [0.3, 0.4) is 0 Å². The molecule has 1 fully saturated rings. The lowest BCUT2D eigenvalue weighted by atomic mass is 10.1. The molecule has 29 heavy (non-hydrogen) atoms. The lowest BCUT2D eigenvalue weighted by molar-refractivity contribution is 0.0736. The highest BCUT2D eigenvalue weighted by Gasteiger charge is 2.27. The summed E-state index contributed by atoms with van der Waals surface area (Å²) in [5.74, 6) is 0.114. The Morgan fingerprint density at radius 2 is 1.66 bits per heavy atom. The number of nitrogens with zero attached hydrogens (tertiary/aromatic N) is 4. The molecule has 1 aliphatic rings. The van der Waals surface area contributed by atoms with Gasteiger partial charge in [0, 0.05) is 36.9 Å². The third-order valence-electron chi connectivity index (χ3n) is 5.38. The number of piperazine rings is 1. The number of rotatable bonds is 3. The van der Waals surface area contributed by atoms with E-state index in [1.54, 1.807) is 4.90 Å². The molecule has 0 atom stereocenters. The van der Waals surface area contributed by atoms with E-state index in [2.05, 4.69) is 14.9 Å². The second-order valence-corrected chi connectivity index (χ2v) is 7.70. The molecule has 0 bridgehead atoms. The standard InChI is InChI=1S/C22H23ClN4O2/c1-14-11-18-19(12-15(14)2)25-21(29-3)20(24-18)22(28)27-9-7-26(8-10-27)17-6-4-5-16(23)13-17/h4-6,11-13H,7-10H2,1-3H3. The molecule has 0 N–H and O–H groups in total. The summed E-state index contributed by atoms with van der Waals surface area (Å²) in [7, 11) is 1.52. The van der Waals surface area contributed by atoms with Crippen molar-refractivity contribution in [3.05, 3.63) is 58.2 Å². The maximum Gasteiger partial charge on any atom is 0.278 e. The maximum atomic E-state index is 13.2. The van der Waals surface area contributed by atoms with Crippen molar-refractivity contribution in [1.82, 2.24) is 14.9 Å². The molecule has 0 radical (unpaired) electrons. The Kier molecular flexibility index (Phi) is 5.28. The van der Waals surface area contributed by atoms with Crippen molar-refractivity contribution < 1.29 is 9.53 Å². The Hall–Kier alpha value is -2.86. The fourth-order valence-electron chi connectivity index (χ4n) is 3.57. The SMILES string of the molecule is COc1nc2cc(C)c(C)cc2nc1C(=O)N1CCN(c2cccc(Cl)c2)CC1. The zero-order valence-corrected chi connectivity index (χ0v) is 17.5. The third-order valence-corrected chi connectivity index (χ3v) is 5.62. The van der Waals surface area contributed by atoms with Crippen molar-refractivity contribution in [3.8, 4) is 5.88 Å². The minimum Gasteiger partial charge on any atom is -0.479 e. The molecule has 2 aromatic carbocycles. The molecule has 0 aliphatic carbocycles. The van der Waals surface area contributed by atoms with Crippen LogP contribution in [0, 0.1) is 13.8 Å². The van der Waals surface area contributed by atoms with Gasteiger partial charge in [0.05, 0.1) is 18.1 Å². The van der Waals surface area contributed by atoms with E-state index >= 15 is 0 Å². The highest BCUT2D eigenvalue weighted by atomic mass is 35.5. The van der Waals surface area contributed by atoms with Crippen molar-refractivity contribution in [3.63, 3.8) is 0 Å². The van der Waals surface area contributed by atoms with Gasteiger partial charge in [0.2, 0.25) is 5.88 Å². The molecule has 3 aromatic rings. The Bertz CT molecular complexity index is 1080. The van der Waals surface area contributed by atoms with Crippen molar-refractivity contribution in [2.24, 2.45) is 0 Å². The summed E-state index contributed by atoms with van der Waals surface area (Å²) in [6, 6.07) is 11.7. The van der Waals surface area contributed by atoms with Crippen LogP contribution in [-0.4, -0.2) is 54.1 Å². The third kappa shape index (κ3) is 3.85. The summed E-state index contributed by atoms with van der Waals surface area (Å²) in [5.41, 5.74) is 5.01. The number of anilines is 1. The molecule has 1 saturated heterocycles. The van der Waals surface area contributed by atoms with Crippen LogP contribution in [0.5, 0.6) is 5.88 Å². The van der Waals surface area contributed by atoms with Crippen LogP contribution in [0.2, 0.25) is 5.02 Å². The highest BCUT2D eigenvalue weighted by molar-refractivity contribution is 6.30. The summed E-state index contributed by atoms with van der Waals surface area (Å²) in [6.45, 7) is 6.71. The van der Waals surface area contributed by atoms with Crippen molar-refractivity contribution >= 4 is 34.2 Å². The first-order valence-corrected chi connectivity index (χ1v) is 9.97. The van der Waals surface area contributed by atoms with Gasteiger partial charge in [-0.3, -0.25) is 4.79 Å². The normalized spacial score (nSPS) is 14.3. The molecular formula is C22H23ClN4O2. The van der Waals surface area contributed by atoms with Gasteiger partial charge in [0.15, 0.2) is 5.69 Å². The van der Waals surface area contributed by atoms with Crippen LogP contribution in [0.4, 0.5) is 5.69 Å². The van der Waals surface area contributed by atoms with Gasteiger partial charge >= 0.3 is 0 Å². The van der Waals surface area contributed by atoms with Crippen molar-refractivity contribution in [1.29, 1.82) is 0 Å². The van der Waals surface area contributed by atoms with Gasteiger partial charge < -0.3 is 14.5 Å². The van der Waals surface area contributed by atoms with E-state index in [4.69, 9.17) is 16.3 Å². The van der Waals surface area contributed by atoms with E-state index in [0.29, 0.717) is 23.6 Å². The first-order chi connectivity index (χ1) is 14.0. The minimum absolute atomic E-state index is 0.153. The predicted octanol–water partition coefficient (Wildman–Crippen LogP) is 3.87. The van der Waals surface area contributed by atoms with E-state index in [-0.39, 0.29) is 17.5 Å². The maximum absolute atomic E-state index is 13.2. The molecule has 1 aromatic heterocycles. The number of methoxy groups -OCH3 is 1.